The first kappa shape index (κ1) is 15.4. The van der Waals surface area contributed by atoms with Crippen LogP contribution in [-0.4, -0.2) is 16.4 Å². The number of hydrogen-bond acceptors (Lipinski definition) is 3. The quantitative estimate of drug-likeness (QED) is 0.659. The highest BCUT2D eigenvalue weighted by molar-refractivity contribution is 9.09. The molecule has 0 saturated heterocycles. The smallest absolute Gasteiger partial charge is 0.238 e. The maximum atomic E-state index is 6.00. The van der Waals surface area contributed by atoms with E-state index in [4.69, 9.17) is 32.7 Å². The number of aromatic nitrogens is 1. The first-order valence-corrected chi connectivity index (χ1v) is 7.78. The van der Waals surface area contributed by atoms with E-state index in [9.17, 15) is 0 Å². The third-order valence-electron chi connectivity index (χ3n) is 2.37. The Hall–Kier alpha value is -0.970. The lowest BCUT2D eigenvalue weighted by atomic mass is 10.3. The Bertz CT molecular complexity index is 578. The van der Waals surface area contributed by atoms with Gasteiger partial charge in [0.05, 0.1) is 5.02 Å². The highest BCUT2D eigenvalue weighted by Gasteiger charge is 2.07. The molecule has 1 atom stereocenters. The lowest BCUT2D eigenvalue weighted by Crippen LogP contribution is -2.12. The van der Waals surface area contributed by atoms with Crippen molar-refractivity contribution in [1.82, 2.24) is 4.98 Å². The molecule has 0 spiro atoms. The van der Waals surface area contributed by atoms with Gasteiger partial charge in [-0.3, -0.25) is 0 Å². The van der Waals surface area contributed by atoms with Crippen LogP contribution in [0.2, 0.25) is 10.0 Å². The average molecular weight is 377 g/mol. The lowest BCUT2D eigenvalue weighted by molar-refractivity contribution is 0.248. The third kappa shape index (κ3) is 4.27. The fourth-order valence-electron chi connectivity index (χ4n) is 1.44. The van der Waals surface area contributed by atoms with Gasteiger partial charge >= 0.3 is 0 Å². The zero-order chi connectivity index (χ0) is 14.5. The summed E-state index contributed by atoms with van der Waals surface area (Å²) in [4.78, 5) is 4.03. The van der Waals surface area contributed by atoms with Crippen LogP contribution in [0.1, 0.15) is 6.92 Å². The number of hydrogen-bond donors (Lipinski definition) is 0. The van der Waals surface area contributed by atoms with Gasteiger partial charge in [0.15, 0.2) is 0 Å². The Kier molecular flexibility index (Phi) is 5.52. The van der Waals surface area contributed by atoms with Crippen molar-refractivity contribution < 1.29 is 9.47 Å². The molecule has 0 N–H and O–H groups in total. The standard InChI is InChI=1S/C14H12BrCl2NO2/c1-9(7-15)19-11-2-4-12(5-3-11)20-14-13(17)6-10(16)8-18-14/h2-6,8-9H,7H2,1H3. The van der Waals surface area contributed by atoms with Gasteiger partial charge in [0.1, 0.15) is 22.6 Å². The highest BCUT2D eigenvalue weighted by atomic mass is 79.9. The summed E-state index contributed by atoms with van der Waals surface area (Å²) in [6.07, 6.45) is 1.59. The van der Waals surface area contributed by atoms with Crippen molar-refractivity contribution in [3.8, 4) is 17.4 Å². The average Bonchev–Trinajstić information content (AvgIpc) is 2.44. The zero-order valence-corrected chi connectivity index (χ0v) is 13.7. The normalized spacial score (nSPS) is 12.0. The molecule has 1 unspecified atom stereocenters. The Morgan fingerprint density at radius 3 is 2.45 bits per heavy atom. The monoisotopic (exact) mass is 375 g/mol. The summed E-state index contributed by atoms with van der Waals surface area (Å²) in [6, 6.07) is 8.84. The molecule has 20 heavy (non-hydrogen) atoms. The molecular weight excluding hydrogens is 365 g/mol. The number of halogens is 3. The SMILES string of the molecule is CC(CBr)Oc1ccc(Oc2ncc(Cl)cc2Cl)cc1. The lowest BCUT2D eigenvalue weighted by Gasteiger charge is -2.12. The highest BCUT2D eigenvalue weighted by Crippen LogP contribution is 2.29. The van der Waals surface area contributed by atoms with Crippen LogP contribution in [0.3, 0.4) is 0 Å². The number of rotatable bonds is 5. The summed E-state index contributed by atoms with van der Waals surface area (Å²) in [5, 5.41) is 1.61. The minimum atomic E-state index is 0.106. The van der Waals surface area contributed by atoms with Crippen molar-refractivity contribution in [2.45, 2.75) is 13.0 Å². The summed E-state index contributed by atoms with van der Waals surface area (Å²) in [7, 11) is 0. The number of benzene rings is 1. The van der Waals surface area contributed by atoms with Crippen LogP contribution in [0.15, 0.2) is 36.5 Å². The van der Waals surface area contributed by atoms with Crippen LogP contribution in [0.5, 0.6) is 17.4 Å². The van der Waals surface area contributed by atoms with Crippen LogP contribution >= 0.6 is 39.1 Å². The van der Waals surface area contributed by atoms with Crippen molar-refractivity contribution >= 4 is 39.1 Å². The van der Waals surface area contributed by atoms with Gasteiger partial charge in [0, 0.05) is 11.5 Å². The van der Waals surface area contributed by atoms with E-state index in [-0.39, 0.29) is 6.10 Å². The van der Waals surface area contributed by atoms with Crippen molar-refractivity contribution in [2.75, 3.05) is 5.33 Å². The molecule has 0 radical (unpaired) electrons. The van der Waals surface area contributed by atoms with Crippen LogP contribution < -0.4 is 9.47 Å². The number of ether oxygens (including phenoxy) is 2. The molecule has 106 valence electrons. The summed E-state index contributed by atoms with van der Waals surface area (Å²) in [6.45, 7) is 1.98. The summed E-state index contributed by atoms with van der Waals surface area (Å²) in [5.74, 6) is 1.72. The van der Waals surface area contributed by atoms with Crippen molar-refractivity contribution in [2.24, 2.45) is 0 Å². The van der Waals surface area contributed by atoms with Gasteiger partial charge in [0.2, 0.25) is 5.88 Å². The van der Waals surface area contributed by atoms with Gasteiger partial charge in [-0.05, 0) is 37.3 Å². The fourth-order valence-corrected chi connectivity index (χ4v) is 1.99. The van der Waals surface area contributed by atoms with E-state index in [1.165, 1.54) is 6.20 Å². The molecule has 0 aliphatic carbocycles. The molecule has 3 nitrogen and oxygen atoms in total. The van der Waals surface area contributed by atoms with E-state index in [2.05, 4.69) is 20.9 Å². The maximum absolute atomic E-state index is 6.00. The number of alkyl halides is 1. The molecule has 2 aromatic rings. The number of pyridine rings is 1. The van der Waals surface area contributed by atoms with E-state index in [1.807, 2.05) is 19.1 Å². The summed E-state index contributed by atoms with van der Waals surface area (Å²) in [5.41, 5.74) is 0. The largest absolute Gasteiger partial charge is 0.490 e. The molecule has 2 rings (SSSR count). The zero-order valence-electron chi connectivity index (χ0n) is 10.6. The van der Waals surface area contributed by atoms with E-state index >= 15 is 0 Å². The predicted molar refractivity (Wildman–Crippen MR) is 84.7 cm³/mol. The molecule has 0 amide bonds. The van der Waals surface area contributed by atoms with Crippen molar-refractivity contribution in [3.05, 3.63) is 46.6 Å². The first-order chi connectivity index (χ1) is 9.58. The Balaban J connectivity index is 2.07. The van der Waals surface area contributed by atoms with Gasteiger partial charge in [-0.1, -0.05) is 39.1 Å². The molecule has 0 bridgehead atoms. The van der Waals surface area contributed by atoms with E-state index in [1.54, 1.807) is 18.2 Å². The molecule has 1 heterocycles. The number of nitrogens with zero attached hydrogens (tertiary/aromatic N) is 1. The molecular formula is C14H12BrCl2NO2. The Labute approximate surface area is 136 Å². The van der Waals surface area contributed by atoms with E-state index in [0.717, 1.165) is 11.1 Å². The Morgan fingerprint density at radius 1 is 1.20 bits per heavy atom. The Morgan fingerprint density at radius 2 is 1.85 bits per heavy atom. The summed E-state index contributed by atoms with van der Waals surface area (Å²) < 4.78 is 11.2. The van der Waals surface area contributed by atoms with Gasteiger partial charge < -0.3 is 9.47 Å². The second kappa shape index (κ2) is 7.16. The van der Waals surface area contributed by atoms with Crippen molar-refractivity contribution in [3.63, 3.8) is 0 Å². The second-order valence-corrected chi connectivity index (χ2v) is 5.59. The van der Waals surface area contributed by atoms with Crippen LogP contribution in [0.4, 0.5) is 0 Å². The third-order valence-corrected chi connectivity index (χ3v) is 3.76. The molecule has 0 fully saturated rings. The molecule has 0 aliphatic heterocycles. The van der Waals surface area contributed by atoms with Crippen LogP contribution in [-0.2, 0) is 0 Å². The first-order valence-electron chi connectivity index (χ1n) is 5.90. The fraction of sp³-hybridized carbons (Fsp3) is 0.214. The molecule has 6 heteroatoms. The minimum Gasteiger partial charge on any atom is -0.490 e. The second-order valence-electron chi connectivity index (χ2n) is 4.10. The van der Waals surface area contributed by atoms with Crippen LogP contribution in [0, 0.1) is 0 Å². The van der Waals surface area contributed by atoms with E-state index < -0.39 is 0 Å². The van der Waals surface area contributed by atoms with Gasteiger partial charge in [-0.15, -0.1) is 0 Å². The van der Waals surface area contributed by atoms with Gasteiger partial charge in [-0.25, -0.2) is 4.98 Å². The minimum absolute atomic E-state index is 0.106. The van der Waals surface area contributed by atoms with Gasteiger partial charge in [0.25, 0.3) is 0 Å². The van der Waals surface area contributed by atoms with Crippen LogP contribution in [0.25, 0.3) is 0 Å². The van der Waals surface area contributed by atoms with Crippen molar-refractivity contribution in [1.29, 1.82) is 0 Å². The summed E-state index contributed by atoms with van der Waals surface area (Å²) >= 11 is 15.1. The topological polar surface area (TPSA) is 31.4 Å². The molecule has 1 aromatic heterocycles. The molecule has 0 saturated carbocycles. The predicted octanol–water partition coefficient (Wildman–Crippen LogP) is 5.34. The van der Waals surface area contributed by atoms with E-state index in [0.29, 0.717) is 21.7 Å². The molecule has 0 aliphatic rings. The molecule has 1 aromatic carbocycles. The maximum Gasteiger partial charge on any atom is 0.238 e. The van der Waals surface area contributed by atoms with Gasteiger partial charge in [-0.2, -0.15) is 0 Å².